The van der Waals surface area contributed by atoms with Crippen molar-refractivity contribution >= 4 is 43.6 Å². The van der Waals surface area contributed by atoms with Gasteiger partial charge in [-0.2, -0.15) is 0 Å². The highest BCUT2D eigenvalue weighted by Gasteiger charge is 2.22. The maximum atomic E-state index is 5.22. The summed E-state index contributed by atoms with van der Waals surface area (Å²) in [6.07, 6.45) is 0. The van der Waals surface area contributed by atoms with Crippen molar-refractivity contribution in [3.63, 3.8) is 0 Å². The van der Waals surface area contributed by atoms with Crippen LogP contribution in [0.4, 0.5) is 0 Å². The van der Waals surface area contributed by atoms with Crippen LogP contribution in [0.5, 0.6) is 0 Å². The van der Waals surface area contributed by atoms with E-state index >= 15 is 0 Å². The van der Waals surface area contributed by atoms with E-state index in [1.54, 1.807) is 0 Å². The summed E-state index contributed by atoms with van der Waals surface area (Å²) < 4.78 is 2.24. The Hall–Kier alpha value is -4.50. The van der Waals surface area contributed by atoms with E-state index in [2.05, 4.69) is 115 Å². The first-order valence-corrected chi connectivity index (χ1v) is 11.5. The van der Waals surface area contributed by atoms with Gasteiger partial charge in [-0.05, 0) is 11.6 Å². The molecule has 0 spiro atoms. The van der Waals surface area contributed by atoms with Crippen LogP contribution in [-0.2, 0) is 7.05 Å². The van der Waals surface area contributed by atoms with Crippen molar-refractivity contribution in [3.8, 4) is 22.5 Å². The van der Waals surface area contributed by atoms with Crippen LogP contribution in [0.15, 0.2) is 109 Å². The number of aromatic nitrogens is 3. The summed E-state index contributed by atoms with van der Waals surface area (Å²) in [6.45, 7) is 0. The second-order valence-corrected chi connectivity index (χ2v) is 8.70. The monoisotopic (exact) mass is 435 g/mol. The molecule has 0 saturated heterocycles. The molecule has 0 atom stereocenters. The topological polar surface area (TPSA) is 30.7 Å². The summed E-state index contributed by atoms with van der Waals surface area (Å²) in [4.78, 5) is 10.4. The highest BCUT2D eigenvalue weighted by atomic mass is 15.1. The van der Waals surface area contributed by atoms with Crippen LogP contribution in [-0.4, -0.2) is 14.5 Å². The van der Waals surface area contributed by atoms with Gasteiger partial charge in [-0.25, -0.2) is 9.97 Å². The fourth-order valence-corrected chi connectivity index (χ4v) is 5.26. The third-order valence-electron chi connectivity index (χ3n) is 6.76. The van der Waals surface area contributed by atoms with Gasteiger partial charge in [-0.1, -0.05) is 103 Å². The molecule has 3 heteroatoms. The zero-order valence-corrected chi connectivity index (χ0v) is 18.7. The lowest BCUT2D eigenvalue weighted by atomic mass is 9.93. The van der Waals surface area contributed by atoms with Crippen LogP contribution < -0.4 is 0 Å². The van der Waals surface area contributed by atoms with Gasteiger partial charge in [0.2, 0.25) is 0 Å². The molecule has 3 nitrogen and oxygen atoms in total. The van der Waals surface area contributed by atoms with Crippen molar-refractivity contribution in [3.05, 3.63) is 109 Å². The van der Waals surface area contributed by atoms with Gasteiger partial charge in [-0.3, -0.25) is 0 Å². The van der Waals surface area contributed by atoms with Crippen LogP contribution in [0.25, 0.3) is 66.1 Å². The van der Waals surface area contributed by atoms with Crippen molar-refractivity contribution < 1.29 is 0 Å². The van der Waals surface area contributed by atoms with Gasteiger partial charge in [0, 0.05) is 39.7 Å². The number of fused-ring (bicyclic) bond motifs is 7. The molecule has 0 N–H and O–H groups in total. The van der Waals surface area contributed by atoms with E-state index in [0.29, 0.717) is 0 Å². The first kappa shape index (κ1) is 19.0. The Labute approximate surface area is 196 Å². The minimum absolute atomic E-state index is 0.959. The van der Waals surface area contributed by atoms with E-state index in [1.165, 1.54) is 11.1 Å². The van der Waals surface area contributed by atoms with Crippen LogP contribution in [0.2, 0.25) is 0 Å². The summed E-state index contributed by atoms with van der Waals surface area (Å²) in [5.41, 5.74) is 7.65. The molecule has 7 aromatic rings. The number of hydrogen-bond donors (Lipinski definition) is 0. The molecule has 2 aromatic heterocycles. The van der Waals surface area contributed by atoms with Gasteiger partial charge in [0.05, 0.1) is 22.1 Å². The molecule has 0 fully saturated rings. The Bertz CT molecular complexity index is 1850. The molecule has 0 unspecified atom stereocenters. The van der Waals surface area contributed by atoms with E-state index in [9.17, 15) is 0 Å². The standard InChI is InChI=1S/C31H21N3/c1-34-30-27-26(20-12-4-2-5-13-20)24-18-10-11-19-25(24)32-28(27)22-16-8-9-17-23(22)29(30)33-31(34)21-14-6-3-7-15-21/h2-19H,1H3. The second kappa shape index (κ2) is 7.26. The lowest BCUT2D eigenvalue weighted by molar-refractivity contribution is 0.962. The zero-order chi connectivity index (χ0) is 22.6. The van der Waals surface area contributed by atoms with Crippen LogP contribution in [0.1, 0.15) is 0 Å². The molecule has 160 valence electrons. The Balaban J connectivity index is 1.80. The minimum Gasteiger partial charge on any atom is -0.327 e. The summed E-state index contributed by atoms with van der Waals surface area (Å²) in [7, 11) is 2.12. The molecular weight excluding hydrogens is 414 g/mol. The van der Waals surface area contributed by atoms with Gasteiger partial charge < -0.3 is 4.57 Å². The molecule has 0 radical (unpaired) electrons. The maximum absolute atomic E-state index is 5.22. The van der Waals surface area contributed by atoms with Gasteiger partial charge in [0.25, 0.3) is 0 Å². The second-order valence-electron chi connectivity index (χ2n) is 8.70. The fraction of sp³-hybridized carbons (Fsp3) is 0.0323. The zero-order valence-electron chi connectivity index (χ0n) is 18.7. The first-order valence-electron chi connectivity index (χ1n) is 11.5. The van der Waals surface area contributed by atoms with Gasteiger partial charge >= 0.3 is 0 Å². The lowest BCUT2D eigenvalue weighted by Gasteiger charge is -2.15. The van der Waals surface area contributed by atoms with Crippen LogP contribution in [0, 0.1) is 0 Å². The number of hydrogen-bond acceptors (Lipinski definition) is 2. The van der Waals surface area contributed by atoms with Gasteiger partial charge in [-0.15, -0.1) is 0 Å². The number of para-hydroxylation sites is 1. The molecule has 0 aliphatic heterocycles. The summed E-state index contributed by atoms with van der Waals surface area (Å²) in [5, 5.41) is 4.56. The SMILES string of the molecule is Cn1c(-c2ccccc2)nc2c3ccccc3c3nc4ccccc4c(-c4ccccc4)c3c21. The van der Waals surface area contributed by atoms with Gasteiger partial charge in [0.15, 0.2) is 0 Å². The van der Waals surface area contributed by atoms with Crippen LogP contribution >= 0.6 is 0 Å². The molecule has 34 heavy (non-hydrogen) atoms. The molecule has 0 saturated carbocycles. The summed E-state index contributed by atoms with van der Waals surface area (Å²) >= 11 is 0. The number of nitrogens with zero attached hydrogens (tertiary/aromatic N) is 3. The van der Waals surface area contributed by atoms with E-state index in [1.807, 2.05) is 6.07 Å². The van der Waals surface area contributed by atoms with E-state index < -0.39 is 0 Å². The van der Waals surface area contributed by atoms with E-state index in [-0.39, 0.29) is 0 Å². The minimum atomic E-state index is 0.959. The predicted octanol–water partition coefficient (Wildman–Crippen LogP) is 7.76. The number of benzene rings is 5. The Kier molecular flexibility index (Phi) is 4.06. The fourth-order valence-electron chi connectivity index (χ4n) is 5.26. The number of aryl methyl sites for hydroxylation is 1. The van der Waals surface area contributed by atoms with E-state index in [0.717, 1.165) is 55.0 Å². The average molecular weight is 436 g/mol. The average Bonchev–Trinajstić information content (AvgIpc) is 3.26. The van der Waals surface area contributed by atoms with Crippen molar-refractivity contribution in [2.75, 3.05) is 0 Å². The molecule has 0 bridgehead atoms. The van der Waals surface area contributed by atoms with Gasteiger partial charge in [0.1, 0.15) is 5.82 Å². The normalized spacial score (nSPS) is 11.7. The third-order valence-corrected chi connectivity index (χ3v) is 6.76. The predicted molar refractivity (Wildman–Crippen MR) is 142 cm³/mol. The lowest BCUT2D eigenvalue weighted by Crippen LogP contribution is -1.96. The maximum Gasteiger partial charge on any atom is 0.140 e. The van der Waals surface area contributed by atoms with Crippen molar-refractivity contribution in [1.82, 2.24) is 14.5 Å². The largest absolute Gasteiger partial charge is 0.327 e. The Morgan fingerprint density at radius 1 is 0.529 bits per heavy atom. The summed E-state index contributed by atoms with van der Waals surface area (Å²) in [5.74, 6) is 0.959. The number of rotatable bonds is 2. The van der Waals surface area contributed by atoms with Crippen molar-refractivity contribution in [2.45, 2.75) is 0 Å². The van der Waals surface area contributed by atoms with Crippen molar-refractivity contribution in [1.29, 1.82) is 0 Å². The molecule has 0 aliphatic carbocycles. The molecule has 5 aromatic carbocycles. The van der Waals surface area contributed by atoms with Crippen molar-refractivity contribution in [2.24, 2.45) is 7.05 Å². The number of pyridine rings is 1. The molecule has 0 amide bonds. The quantitative estimate of drug-likeness (QED) is 0.205. The smallest absolute Gasteiger partial charge is 0.140 e. The highest BCUT2D eigenvalue weighted by Crippen LogP contribution is 2.43. The molecular formula is C31H21N3. The van der Waals surface area contributed by atoms with E-state index in [4.69, 9.17) is 9.97 Å². The Morgan fingerprint density at radius 3 is 1.79 bits per heavy atom. The highest BCUT2D eigenvalue weighted by molar-refractivity contribution is 6.29. The summed E-state index contributed by atoms with van der Waals surface area (Å²) in [6, 6.07) is 38.0. The molecule has 7 rings (SSSR count). The third kappa shape index (κ3) is 2.64. The molecule has 0 aliphatic rings. The molecule has 2 heterocycles. The Morgan fingerprint density at radius 2 is 1.09 bits per heavy atom. The number of imidazole rings is 1. The first-order chi connectivity index (χ1) is 16.8. The van der Waals surface area contributed by atoms with Crippen LogP contribution in [0.3, 0.4) is 0 Å².